The van der Waals surface area contributed by atoms with E-state index in [1.54, 1.807) is 23.9 Å². The highest BCUT2D eigenvalue weighted by Crippen LogP contribution is 2.27. The van der Waals surface area contributed by atoms with E-state index in [1.165, 1.54) is 6.07 Å². The second-order valence-corrected chi connectivity index (χ2v) is 6.52. The third-order valence-corrected chi connectivity index (χ3v) is 4.01. The quantitative estimate of drug-likeness (QED) is 0.836. The number of thioether (sulfide) groups is 1. The fourth-order valence-electron chi connectivity index (χ4n) is 1.52. The van der Waals surface area contributed by atoms with Crippen LogP contribution in [-0.2, 0) is 0 Å². The van der Waals surface area contributed by atoms with Gasteiger partial charge in [-0.25, -0.2) is 4.39 Å². The highest BCUT2D eigenvalue weighted by atomic mass is 79.9. The Bertz CT molecular complexity index is 460. The Morgan fingerprint density at radius 3 is 2.88 bits per heavy atom. The molecule has 0 spiro atoms. The van der Waals surface area contributed by atoms with Gasteiger partial charge < -0.3 is 5.32 Å². The van der Waals surface area contributed by atoms with Crippen LogP contribution in [0.3, 0.4) is 0 Å². The van der Waals surface area contributed by atoms with Crippen molar-refractivity contribution in [1.82, 2.24) is 0 Å². The molecule has 0 bridgehead atoms. The molecule has 1 aromatic carbocycles. The van der Waals surface area contributed by atoms with Gasteiger partial charge in [0.2, 0.25) is 0 Å². The maximum absolute atomic E-state index is 13.1. The molecule has 1 aromatic rings. The summed E-state index contributed by atoms with van der Waals surface area (Å²) in [7, 11) is 0. The van der Waals surface area contributed by atoms with E-state index < -0.39 is 0 Å². The maximum atomic E-state index is 13.1. The summed E-state index contributed by atoms with van der Waals surface area (Å²) < 4.78 is 13.6. The molecule has 0 fully saturated rings. The monoisotopic (exact) mass is 316 g/mol. The lowest BCUT2D eigenvalue weighted by Crippen LogP contribution is -2.27. The van der Waals surface area contributed by atoms with Crippen LogP contribution in [0.2, 0.25) is 0 Å². The number of nitrogens with zero attached hydrogens (tertiary/aromatic N) is 1. The zero-order valence-electron chi connectivity index (χ0n) is 9.76. The average Bonchev–Trinajstić information content (AvgIpc) is 2.22. The highest BCUT2D eigenvalue weighted by Gasteiger charge is 2.22. The normalized spacial score (nSPS) is 18.7. The standard InChI is InChI=1S/C12H14BrFN2S/c1-12(2)5-6-17-11(16-12)15-8-3-4-10(14)9(13)7-8/h3-4,7H,5-6H2,1-2H3,(H,15,16). The van der Waals surface area contributed by atoms with Crippen molar-refractivity contribution in [1.29, 1.82) is 0 Å². The van der Waals surface area contributed by atoms with Crippen molar-refractivity contribution >= 4 is 38.5 Å². The minimum absolute atomic E-state index is 0.00908. The van der Waals surface area contributed by atoms with Gasteiger partial charge in [0.05, 0.1) is 10.0 Å². The number of rotatable bonds is 1. The van der Waals surface area contributed by atoms with Gasteiger partial charge >= 0.3 is 0 Å². The van der Waals surface area contributed by atoms with Crippen molar-refractivity contribution < 1.29 is 4.39 Å². The van der Waals surface area contributed by atoms with Gasteiger partial charge in [0.15, 0.2) is 5.17 Å². The SMILES string of the molecule is CC1(C)CCSC(Nc2ccc(F)c(Br)c2)=N1. The van der Waals surface area contributed by atoms with Gasteiger partial charge in [0.1, 0.15) is 5.82 Å². The third kappa shape index (κ3) is 3.45. The Hall–Kier alpha value is -0.550. The van der Waals surface area contributed by atoms with Gasteiger partial charge in [-0.2, -0.15) is 0 Å². The van der Waals surface area contributed by atoms with Crippen LogP contribution in [0.25, 0.3) is 0 Å². The number of aliphatic imine (C=N–C) groups is 1. The molecule has 1 aliphatic rings. The number of amidine groups is 1. The Balaban J connectivity index is 2.15. The lowest BCUT2D eigenvalue weighted by molar-refractivity contribution is 0.507. The number of hydrogen-bond donors (Lipinski definition) is 1. The Labute approximate surface area is 113 Å². The van der Waals surface area contributed by atoms with Crippen molar-refractivity contribution in [2.75, 3.05) is 11.1 Å². The molecule has 0 atom stereocenters. The molecule has 0 radical (unpaired) electrons. The molecule has 0 aromatic heterocycles. The van der Waals surface area contributed by atoms with E-state index in [4.69, 9.17) is 0 Å². The van der Waals surface area contributed by atoms with Crippen LogP contribution in [0, 0.1) is 5.82 Å². The fourth-order valence-corrected chi connectivity index (χ4v) is 3.20. The summed E-state index contributed by atoms with van der Waals surface area (Å²) in [4.78, 5) is 4.62. The van der Waals surface area contributed by atoms with Crippen molar-refractivity contribution in [3.05, 3.63) is 28.5 Å². The molecule has 0 amide bonds. The first-order valence-electron chi connectivity index (χ1n) is 5.41. The number of benzene rings is 1. The van der Waals surface area contributed by atoms with Gasteiger partial charge in [0.25, 0.3) is 0 Å². The number of anilines is 1. The van der Waals surface area contributed by atoms with Crippen molar-refractivity contribution in [3.63, 3.8) is 0 Å². The van der Waals surface area contributed by atoms with Gasteiger partial charge in [0, 0.05) is 11.4 Å². The van der Waals surface area contributed by atoms with E-state index in [0.717, 1.165) is 23.0 Å². The first-order chi connectivity index (χ1) is 7.96. The molecule has 5 heteroatoms. The summed E-state index contributed by atoms with van der Waals surface area (Å²) >= 11 is 4.87. The van der Waals surface area contributed by atoms with E-state index in [2.05, 4.69) is 40.1 Å². The minimum Gasteiger partial charge on any atom is -0.335 e. The van der Waals surface area contributed by atoms with Gasteiger partial charge in [-0.1, -0.05) is 11.8 Å². The molecule has 1 heterocycles. The second-order valence-electron chi connectivity index (χ2n) is 4.58. The van der Waals surface area contributed by atoms with Gasteiger partial charge in [-0.3, -0.25) is 4.99 Å². The predicted octanol–water partition coefficient (Wildman–Crippen LogP) is 4.27. The fraction of sp³-hybridized carbons (Fsp3) is 0.417. The minimum atomic E-state index is -0.255. The average molecular weight is 317 g/mol. The van der Waals surface area contributed by atoms with Crippen LogP contribution >= 0.6 is 27.7 Å². The zero-order chi connectivity index (χ0) is 12.5. The highest BCUT2D eigenvalue weighted by molar-refractivity contribution is 9.10. The largest absolute Gasteiger partial charge is 0.335 e. The van der Waals surface area contributed by atoms with Crippen molar-refractivity contribution in [3.8, 4) is 0 Å². The predicted molar refractivity (Wildman–Crippen MR) is 76.3 cm³/mol. The zero-order valence-corrected chi connectivity index (χ0v) is 12.2. The van der Waals surface area contributed by atoms with E-state index in [0.29, 0.717) is 4.47 Å². The second kappa shape index (κ2) is 4.98. The smallest absolute Gasteiger partial charge is 0.161 e. The molecule has 17 heavy (non-hydrogen) atoms. The van der Waals surface area contributed by atoms with E-state index in [-0.39, 0.29) is 11.4 Å². The Morgan fingerprint density at radius 2 is 2.24 bits per heavy atom. The van der Waals surface area contributed by atoms with Crippen LogP contribution in [0.5, 0.6) is 0 Å². The molecule has 92 valence electrons. The molecule has 1 N–H and O–H groups in total. The van der Waals surface area contributed by atoms with Gasteiger partial charge in [-0.05, 0) is 54.4 Å². The molecular formula is C12H14BrFN2S. The number of halogens is 2. The van der Waals surface area contributed by atoms with E-state index in [1.807, 2.05) is 0 Å². The summed E-state index contributed by atoms with van der Waals surface area (Å²) in [6, 6.07) is 4.87. The maximum Gasteiger partial charge on any atom is 0.161 e. The molecule has 0 unspecified atom stereocenters. The van der Waals surface area contributed by atoms with E-state index >= 15 is 0 Å². The summed E-state index contributed by atoms with van der Waals surface area (Å²) in [5.74, 6) is 0.801. The third-order valence-electron chi connectivity index (χ3n) is 2.53. The number of hydrogen-bond acceptors (Lipinski definition) is 3. The van der Waals surface area contributed by atoms with Crippen LogP contribution < -0.4 is 5.32 Å². The molecular weight excluding hydrogens is 303 g/mol. The molecule has 1 aliphatic heterocycles. The molecule has 0 aliphatic carbocycles. The Kier molecular flexibility index (Phi) is 3.78. The summed E-state index contributed by atoms with van der Waals surface area (Å²) in [6.45, 7) is 4.24. The lowest BCUT2D eigenvalue weighted by atomic mass is 10.0. The van der Waals surface area contributed by atoms with Gasteiger partial charge in [-0.15, -0.1) is 0 Å². The van der Waals surface area contributed by atoms with Crippen LogP contribution in [0.1, 0.15) is 20.3 Å². The summed E-state index contributed by atoms with van der Waals surface area (Å²) in [5.41, 5.74) is 0.840. The van der Waals surface area contributed by atoms with Crippen LogP contribution in [0.15, 0.2) is 27.7 Å². The lowest BCUT2D eigenvalue weighted by Gasteiger charge is -2.26. The first-order valence-corrected chi connectivity index (χ1v) is 7.19. The first kappa shape index (κ1) is 12.9. The number of nitrogens with one attached hydrogen (secondary N) is 1. The molecule has 2 nitrogen and oxygen atoms in total. The molecule has 2 rings (SSSR count). The van der Waals surface area contributed by atoms with Crippen LogP contribution in [0.4, 0.5) is 10.1 Å². The summed E-state index contributed by atoms with van der Waals surface area (Å²) in [5, 5.41) is 4.12. The topological polar surface area (TPSA) is 24.4 Å². The summed E-state index contributed by atoms with van der Waals surface area (Å²) in [6.07, 6.45) is 1.08. The molecule has 0 saturated carbocycles. The molecule has 0 saturated heterocycles. The van der Waals surface area contributed by atoms with Crippen molar-refractivity contribution in [2.24, 2.45) is 4.99 Å². The van der Waals surface area contributed by atoms with Crippen LogP contribution in [-0.4, -0.2) is 16.5 Å². The van der Waals surface area contributed by atoms with Crippen molar-refractivity contribution in [2.45, 2.75) is 25.8 Å². The Morgan fingerprint density at radius 1 is 1.47 bits per heavy atom. The van der Waals surface area contributed by atoms with E-state index in [9.17, 15) is 4.39 Å².